The molecule has 198 valence electrons. The summed E-state index contributed by atoms with van der Waals surface area (Å²) in [6, 6.07) is 0. The Bertz CT molecular complexity index is 450. The van der Waals surface area contributed by atoms with Crippen LogP contribution in [0.1, 0.15) is 103 Å². The summed E-state index contributed by atoms with van der Waals surface area (Å²) in [4.78, 5) is 0. The van der Waals surface area contributed by atoms with E-state index in [1.807, 2.05) is 0 Å². The van der Waals surface area contributed by atoms with Crippen LogP contribution in [0, 0.1) is 0 Å². The van der Waals surface area contributed by atoms with Crippen LogP contribution in [0.5, 0.6) is 0 Å². The highest BCUT2D eigenvalue weighted by Gasteiger charge is 2.44. The van der Waals surface area contributed by atoms with Crippen LogP contribution in [0.2, 0.25) is 0 Å². The number of aliphatic hydroxyl groups is 6. The van der Waals surface area contributed by atoms with Crippen LogP contribution >= 0.6 is 0 Å². The molecule has 1 rings (SSSR count). The summed E-state index contributed by atoms with van der Waals surface area (Å²) in [6.45, 7) is 1.41. The molecule has 0 spiro atoms. The summed E-state index contributed by atoms with van der Waals surface area (Å²) in [5.41, 5.74) is 0. The molecular formula is C25H50O8. The zero-order chi connectivity index (χ0) is 24.5. The maximum atomic E-state index is 10.1. The molecule has 1 fully saturated rings. The molecule has 0 aromatic carbocycles. The van der Waals surface area contributed by atoms with Crippen molar-refractivity contribution in [3.8, 4) is 0 Å². The largest absolute Gasteiger partial charge is 0.394 e. The third kappa shape index (κ3) is 12.8. The van der Waals surface area contributed by atoms with Gasteiger partial charge in [0.2, 0.25) is 0 Å². The highest BCUT2D eigenvalue weighted by atomic mass is 16.7. The summed E-state index contributed by atoms with van der Waals surface area (Å²) in [7, 11) is 0. The fourth-order valence-electron chi connectivity index (χ4n) is 4.25. The third-order valence-corrected chi connectivity index (χ3v) is 6.58. The van der Waals surface area contributed by atoms with Crippen LogP contribution in [-0.4, -0.2) is 86.8 Å². The van der Waals surface area contributed by atoms with Crippen LogP contribution in [0.15, 0.2) is 0 Å². The van der Waals surface area contributed by atoms with Gasteiger partial charge in [0.05, 0.1) is 19.3 Å². The summed E-state index contributed by atoms with van der Waals surface area (Å²) in [6.07, 6.45) is 9.05. The number of rotatable bonds is 20. The minimum atomic E-state index is -1.53. The topological polar surface area (TPSA) is 140 Å². The minimum absolute atomic E-state index is 0.289. The Morgan fingerprint density at radius 3 is 1.64 bits per heavy atom. The number of hydrogen-bond acceptors (Lipinski definition) is 8. The van der Waals surface area contributed by atoms with Gasteiger partial charge in [-0.3, -0.25) is 0 Å². The lowest BCUT2D eigenvalue weighted by Crippen LogP contribution is -2.59. The van der Waals surface area contributed by atoms with Crippen molar-refractivity contribution >= 4 is 0 Å². The number of aliphatic hydroxyl groups excluding tert-OH is 6. The Kier molecular flexibility index (Phi) is 17.6. The van der Waals surface area contributed by atoms with Crippen molar-refractivity contribution in [1.82, 2.24) is 0 Å². The molecule has 0 amide bonds. The molecule has 0 radical (unpaired) electrons. The maximum Gasteiger partial charge on any atom is 0.186 e. The average molecular weight is 479 g/mol. The van der Waals surface area contributed by atoms with E-state index in [-0.39, 0.29) is 6.61 Å². The smallest absolute Gasteiger partial charge is 0.186 e. The molecule has 0 aliphatic carbocycles. The van der Waals surface area contributed by atoms with Gasteiger partial charge < -0.3 is 40.1 Å². The molecule has 0 aromatic heterocycles. The minimum Gasteiger partial charge on any atom is -0.394 e. The Hall–Kier alpha value is -0.320. The van der Waals surface area contributed by atoms with Gasteiger partial charge in [0.15, 0.2) is 6.29 Å². The lowest BCUT2D eigenvalue weighted by molar-refractivity contribution is -0.305. The first-order valence-corrected chi connectivity index (χ1v) is 13.2. The molecule has 6 N–H and O–H groups in total. The van der Waals surface area contributed by atoms with E-state index in [1.165, 1.54) is 70.6 Å². The molecule has 0 saturated carbocycles. The Labute approximate surface area is 199 Å². The van der Waals surface area contributed by atoms with Crippen molar-refractivity contribution in [1.29, 1.82) is 0 Å². The quantitative estimate of drug-likeness (QED) is 0.147. The van der Waals surface area contributed by atoms with E-state index in [2.05, 4.69) is 6.92 Å². The van der Waals surface area contributed by atoms with E-state index in [0.717, 1.165) is 19.3 Å². The molecule has 8 nitrogen and oxygen atoms in total. The van der Waals surface area contributed by atoms with Gasteiger partial charge in [0.25, 0.3) is 0 Å². The van der Waals surface area contributed by atoms with Crippen LogP contribution in [0.25, 0.3) is 0 Å². The van der Waals surface area contributed by atoms with Crippen molar-refractivity contribution < 1.29 is 40.1 Å². The van der Waals surface area contributed by atoms with Gasteiger partial charge in [0.1, 0.15) is 30.5 Å². The first-order chi connectivity index (χ1) is 15.9. The fraction of sp³-hybridized carbons (Fsp3) is 1.00. The monoisotopic (exact) mass is 478 g/mol. The van der Waals surface area contributed by atoms with Crippen molar-refractivity contribution in [2.24, 2.45) is 0 Å². The third-order valence-electron chi connectivity index (χ3n) is 6.58. The van der Waals surface area contributed by atoms with E-state index >= 15 is 0 Å². The normalized spacial score (nSPS) is 27.5. The summed E-state index contributed by atoms with van der Waals surface area (Å²) < 4.78 is 10.5. The van der Waals surface area contributed by atoms with Crippen molar-refractivity contribution in [2.75, 3.05) is 13.2 Å². The van der Waals surface area contributed by atoms with Gasteiger partial charge in [-0.25, -0.2) is 0 Å². The summed E-state index contributed by atoms with van der Waals surface area (Å²) >= 11 is 0. The van der Waals surface area contributed by atoms with Gasteiger partial charge in [-0.1, -0.05) is 96.8 Å². The van der Waals surface area contributed by atoms with Gasteiger partial charge in [-0.2, -0.15) is 0 Å². The van der Waals surface area contributed by atoms with E-state index in [9.17, 15) is 30.6 Å². The zero-order valence-electron chi connectivity index (χ0n) is 20.6. The molecule has 0 aromatic rings. The number of unbranched alkanes of at least 4 members (excludes halogenated alkanes) is 13. The molecule has 8 heteroatoms. The van der Waals surface area contributed by atoms with E-state index in [0.29, 0.717) is 6.42 Å². The molecule has 0 bridgehead atoms. The molecule has 1 saturated heterocycles. The van der Waals surface area contributed by atoms with Crippen molar-refractivity contribution in [3.63, 3.8) is 0 Å². The number of hydrogen-bond donors (Lipinski definition) is 6. The van der Waals surface area contributed by atoms with Gasteiger partial charge >= 0.3 is 0 Å². The summed E-state index contributed by atoms with van der Waals surface area (Å²) in [5, 5.41) is 58.9. The molecule has 1 heterocycles. The number of ether oxygens (including phenoxy) is 2. The Balaban J connectivity index is 2.01. The second kappa shape index (κ2) is 18.9. The van der Waals surface area contributed by atoms with Crippen LogP contribution in [0.3, 0.4) is 0 Å². The lowest BCUT2D eigenvalue weighted by Gasteiger charge is -2.39. The van der Waals surface area contributed by atoms with Crippen LogP contribution in [-0.2, 0) is 9.47 Å². The van der Waals surface area contributed by atoms with E-state index < -0.39 is 49.5 Å². The van der Waals surface area contributed by atoms with E-state index in [4.69, 9.17) is 9.47 Å². The highest BCUT2D eigenvalue weighted by molar-refractivity contribution is 4.89. The summed E-state index contributed by atoms with van der Waals surface area (Å²) in [5.74, 6) is 0. The molecule has 7 atom stereocenters. The zero-order valence-corrected chi connectivity index (χ0v) is 20.6. The van der Waals surface area contributed by atoms with Gasteiger partial charge in [-0.15, -0.1) is 0 Å². The maximum absolute atomic E-state index is 10.1. The molecule has 33 heavy (non-hydrogen) atoms. The van der Waals surface area contributed by atoms with E-state index in [1.54, 1.807) is 0 Å². The Morgan fingerprint density at radius 1 is 0.667 bits per heavy atom. The predicted octanol–water partition coefficient (Wildman–Crippen LogP) is 2.40. The second-order valence-corrected chi connectivity index (χ2v) is 9.55. The fourth-order valence-corrected chi connectivity index (χ4v) is 4.25. The average Bonchev–Trinajstić information content (AvgIpc) is 2.82. The first kappa shape index (κ1) is 30.7. The molecule has 0 unspecified atom stereocenters. The standard InChI is InChI=1S/C25H50O8/c1-2-3-4-5-6-7-8-9-10-11-12-13-14-15-16-19(27)20(28)18-32-25-24(31)23(30)22(29)21(17-26)33-25/h19-31H,2-18H2,1H3/t19-,20-,21+,22-,23-,24+,25-/m0/s1. The van der Waals surface area contributed by atoms with Gasteiger partial charge in [-0.05, 0) is 6.42 Å². The predicted molar refractivity (Wildman–Crippen MR) is 127 cm³/mol. The lowest BCUT2D eigenvalue weighted by atomic mass is 9.99. The van der Waals surface area contributed by atoms with Crippen LogP contribution in [0.4, 0.5) is 0 Å². The van der Waals surface area contributed by atoms with Crippen LogP contribution < -0.4 is 0 Å². The Morgan fingerprint density at radius 2 is 1.15 bits per heavy atom. The highest BCUT2D eigenvalue weighted by Crippen LogP contribution is 2.22. The molecule has 1 aliphatic rings. The van der Waals surface area contributed by atoms with Gasteiger partial charge in [0, 0.05) is 0 Å². The molecular weight excluding hydrogens is 428 g/mol. The molecule has 1 aliphatic heterocycles. The second-order valence-electron chi connectivity index (χ2n) is 9.55. The van der Waals surface area contributed by atoms with Crippen molar-refractivity contribution in [2.45, 2.75) is 146 Å². The van der Waals surface area contributed by atoms with Crippen molar-refractivity contribution in [3.05, 3.63) is 0 Å². The SMILES string of the molecule is CCCCCCCCCCCCCCCC[C@H](O)[C@@H](O)CO[C@H]1O[C@H](CO)[C@H](O)[C@H](O)[C@H]1O. The first-order valence-electron chi connectivity index (χ1n) is 13.2.